The second kappa shape index (κ2) is 10.6. The van der Waals surface area contributed by atoms with Crippen LogP contribution in [0.1, 0.15) is 39.3 Å². The zero-order valence-corrected chi connectivity index (χ0v) is 21.0. The number of likely N-dealkylation sites (N-methyl/N-ethyl adjacent to an activating group) is 1. The molecule has 0 spiro atoms. The second-order valence-corrected chi connectivity index (χ2v) is 9.27. The Labute approximate surface area is 208 Å². The summed E-state index contributed by atoms with van der Waals surface area (Å²) in [6, 6.07) is 1.77. The van der Waals surface area contributed by atoms with Crippen molar-refractivity contribution in [1.29, 1.82) is 0 Å². The van der Waals surface area contributed by atoms with Gasteiger partial charge in [-0.2, -0.15) is 0 Å². The van der Waals surface area contributed by atoms with E-state index < -0.39 is 47.5 Å². The highest BCUT2D eigenvalue weighted by molar-refractivity contribution is 5.94. The number of benzene rings is 1. The minimum absolute atomic E-state index is 0.0880. The molecule has 0 aliphatic carbocycles. The second-order valence-electron chi connectivity index (χ2n) is 9.27. The number of ether oxygens (including phenoxy) is 2. The maximum absolute atomic E-state index is 13.1. The molecule has 4 bridgehead atoms. The van der Waals surface area contributed by atoms with Crippen LogP contribution in [0.3, 0.4) is 0 Å². The van der Waals surface area contributed by atoms with E-state index in [9.17, 15) is 19.2 Å². The van der Waals surface area contributed by atoms with Crippen molar-refractivity contribution in [3.63, 3.8) is 0 Å². The Balaban J connectivity index is 2.06. The van der Waals surface area contributed by atoms with Gasteiger partial charge in [0.05, 0.1) is 19.9 Å². The van der Waals surface area contributed by atoms with Gasteiger partial charge in [0.1, 0.15) is 35.2 Å². The van der Waals surface area contributed by atoms with Crippen molar-refractivity contribution in [1.82, 2.24) is 36.3 Å². The van der Waals surface area contributed by atoms with Crippen molar-refractivity contribution < 1.29 is 28.7 Å². The first-order chi connectivity index (χ1) is 16.9. The maximum atomic E-state index is 13.1. The van der Waals surface area contributed by atoms with E-state index in [1.807, 2.05) is 0 Å². The fourth-order valence-electron chi connectivity index (χ4n) is 3.54. The van der Waals surface area contributed by atoms with Crippen LogP contribution < -0.4 is 26.0 Å². The molecule has 3 atom stereocenters. The zero-order chi connectivity index (χ0) is 26.6. The van der Waals surface area contributed by atoms with Crippen LogP contribution in [0, 0.1) is 0 Å². The molecular weight excluding hydrogens is 470 g/mol. The third kappa shape index (κ3) is 6.29. The molecule has 0 unspecified atom stereocenters. The Morgan fingerprint density at radius 1 is 1.17 bits per heavy atom. The third-order valence-corrected chi connectivity index (χ3v) is 5.30. The maximum Gasteiger partial charge on any atom is 0.408 e. The van der Waals surface area contributed by atoms with E-state index >= 15 is 0 Å². The van der Waals surface area contributed by atoms with Crippen LogP contribution in [0.5, 0.6) is 5.75 Å². The van der Waals surface area contributed by atoms with Crippen molar-refractivity contribution in [3.05, 3.63) is 30.0 Å². The minimum atomic E-state index is -1.14. The first kappa shape index (κ1) is 26.4. The topological polar surface area (TPSA) is 166 Å². The molecule has 36 heavy (non-hydrogen) atoms. The predicted octanol–water partition coefficient (Wildman–Crippen LogP) is 0.269. The number of fused-ring (bicyclic) bond motifs is 5. The summed E-state index contributed by atoms with van der Waals surface area (Å²) >= 11 is 0. The van der Waals surface area contributed by atoms with E-state index in [-0.39, 0.29) is 6.54 Å². The quantitative estimate of drug-likeness (QED) is 0.465. The molecule has 194 valence electrons. The number of aromatic nitrogens is 3. The largest absolute Gasteiger partial charge is 0.496 e. The van der Waals surface area contributed by atoms with Gasteiger partial charge in [0, 0.05) is 12.6 Å². The van der Waals surface area contributed by atoms with Crippen LogP contribution in [0.2, 0.25) is 0 Å². The third-order valence-electron chi connectivity index (χ3n) is 5.30. The highest BCUT2D eigenvalue weighted by Crippen LogP contribution is 2.31. The van der Waals surface area contributed by atoms with Gasteiger partial charge in [-0.1, -0.05) is 11.3 Å². The Hall–Kier alpha value is -4.16. The van der Waals surface area contributed by atoms with Crippen molar-refractivity contribution in [2.75, 3.05) is 14.2 Å². The molecule has 0 saturated heterocycles. The van der Waals surface area contributed by atoms with E-state index in [4.69, 9.17) is 9.47 Å². The molecule has 1 aliphatic heterocycles. The van der Waals surface area contributed by atoms with Crippen LogP contribution in [0.4, 0.5) is 4.79 Å². The molecule has 0 saturated carbocycles. The van der Waals surface area contributed by atoms with Crippen molar-refractivity contribution in [2.24, 2.45) is 0 Å². The summed E-state index contributed by atoms with van der Waals surface area (Å²) in [4.78, 5) is 51.1. The number of nitrogens with zero attached hydrogens (tertiary/aromatic N) is 3. The Morgan fingerprint density at radius 2 is 1.89 bits per heavy atom. The summed E-state index contributed by atoms with van der Waals surface area (Å²) in [7, 11) is 2.94. The first-order valence-corrected chi connectivity index (χ1v) is 11.3. The zero-order valence-electron chi connectivity index (χ0n) is 21.0. The van der Waals surface area contributed by atoms with E-state index in [2.05, 4.69) is 31.6 Å². The van der Waals surface area contributed by atoms with Gasteiger partial charge in [0.2, 0.25) is 17.7 Å². The Bertz CT molecular complexity index is 1160. The average molecular weight is 502 g/mol. The molecule has 4 amide bonds. The molecule has 2 aromatic rings. The minimum Gasteiger partial charge on any atom is -0.496 e. The molecule has 13 heteroatoms. The molecule has 4 N–H and O–H groups in total. The highest BCUT2D eigenvalue weighted by Gasteiger charge is 2.31. The summed E-state index contributed by atoms with van der Waals surface area (Å²) in [5.41, 5.74) is 0.618. The van der Waals surface area contributed by atoms with Gasteiger partial charge in [0.25, 0.3) is 0 Å². The molecule has 0 fully saturated rings. The van der Waals surface area contributed by atoms with Gasteiger partial charge in [-0.15, -0.1) is 5.10 Å². The van der Waals surface area contributed by atoms with Gasteiger partial charge < -0.3 is 30.7 Å². The summed E-state index contributed by atoms with van der Waals surface area (Å²) in [5.74, 6) is -1.24. The summed E-state index contributed by atoms with van der Waals surface area (Å²) in [5, 5.41) is 18.6. The number of amides is 4. The van der Waals surface area contributed by atoms with Gasteiger partial charge >= 0.3 is 6.09 Å². The van der Waals surface area contributed by atoms with Gasteiger partial charge in [-0.25, -0.2) is 9.48 Å². The van der Waals surface area contributed by atoms with Gasteiger partial charge in [0.15, 0.2) is 0 Å². The summed E-state index contributed by atoms with van der Waals surface area (Å²) in [6.07, 6.45) is 0.775. The van der Waals surface area contributed by atoms with Crippen molar-refractivity contribution >= 4 is 23.8 Å². The first-order valence-electron chi connectivity index (χ1n) is 11.3. The number of hydrogen-bond acceptors (Lipinski definition) is 8. The normalized spacial score (nSPS) is 20.3. The Kier molecular flexibility index (Phi) is 7.80. The fraction of sp³-hybridized carbons (Fsp3) is 0.478. The van der Waals surface area contributed by atoms with E-state index in [0.29, 0.717) is 22.6 Å². The van der Waals surface area contributed by atoms with Crippen LogP contribution in [0.25, 0.3) is 11.3 Å². The average Bonchev–Trinajstić information content (AvgIpc) is 3.27. The van der Waals surface area contributed by atoms with E-state index in [1.165, 1.54) is 25.8 Å². The lowest BCUT2D eigenvalue weighted by Crippen LogP contribution is -2.55. The van der Waals surface area contributed by atoms with E-state index in [0.717, 1.165) is 0 Å². The van der Waals surface area contributed by atoms with Crippen LogP contribution in [-0.4, -0.2) is 70.7 Å². The predicted molar refractivity (Wildman–Crippen MR) is 128 cm³/mol. The number of rotatable bonds is 3. The fourth-order valence-corrected chi connectivity index (χ4v) is 3.54. The lowest BCUT2D eigenvalue weighted by molar-refractivity contribution is -0.132. The molecule has 1 aromatic carbocycles. The Morgan fingerprint density at radius 3 is 2.53 bits per heavy atom. The molecule has 1 aromatic heterocycles. The van der Waals surface area contributed by atoms with Gasteiger partial charge in [-0.3, -0.25) is 14.4 Å². The van der Waals surface area contributed by atoms with Crippen molar-refractivity contribution in [3.8, 4) is 17.0 Å². The molecule has 0 radical (unpaired) electrons. The van der Waals surface area contributed by atoms with Crippen molar-refractivity contribution in [2.45, 2.75) is 58.0 Å². The number of carbonyl (C=O) groups is 4. The molecule has 1 aliphatic rings. The molecular formula is C23H31N7O6. The van der Waals surface area contributed by atoms with E-state index in [1.54, 1.807) is 45.2 Å². The summed E-state index contributed by atoms with van der Waals surface area (Å²) in [6.45, 7) is 6.47. The van der Waals surface area contributed by atoms with Crippen LogP contribution >= 0.6 is 0 Å². The SMILES string of the molecule is CNC(=O)[C@H]1NC(=O)[C@@H](C)NC(=O)[C@@H](NC(=O)OC(C)(C)C)Cn2cc(nn2)-c2cc1ccc2OC. The standard InChI is InChI=1S/C23H31N7O6/c1-12-19(31)27-18(21(33)24-5)13-7-8-17(35-6)14(9-13)15-10-30(29-28-15)11-16(20(32)25-12)26-22(34)36-23(2,3)4/h7-10,12,16,18H,11H2,1-6H3,(H,24,33)(H,25,32)(H,26,34)(H,27,31)/t12-,16+,18+/m1/s1. The molecule has 3 rings (SSSR count). The molecule has 13 nitrogen and oxygen atoms in total. The lowest BCUT2D eigenvalue weighted by Gasteiger charge is -2.25. The lowest BCUT2D eigenvalue weighted by atomic mass is 10.0. The highest BCUT2D eigenvalue weighted by atomic mass is 16.6. The van der Waals surface area contributed by atoms with Crippen LogP contribution in [-0.2, 0) is 25.7 Å². The van der Waals surface area contributed by atoms with Gasteiger partial charge in [-0.05, 0) is 45.4 Å². The number of methoxy groups -OCH3 is 1. The molecule has 2 heterocycles. The number of alkyl carbamates (subject to hydrolysis) is 1. The number of carbonyl (C=O) groups excluding carboxylic acids is 4. The number of nitrogens with one attached hydrogen (secondary N) is 4. The smallest absolute Gasteiger partial charge is 0.408 e. The van der Waals surface area contributed by atoms with Crippen LogP contribution in [0.15, 0.2) is 24.4 Å². The monoisotopic (exact) mass is 501 g/mol. The number of hydrogen-bond donors (Lipinski definition) is 4. The summed E-state index contributed by atoms with van der Waals surface area (Å²) < 4.78 is 12.1.